The van der Waals surface area contributed by atoms with E-state index in [0.29, 0.717) is 11.2 Å². The molecule has 0 radical (unpaired) electrons. The largest absolute Gasteiger partial charge is 1.00 e. The molecule has 0 amide bonds. The Labute approximate surface area is 211 Å². The van der Waals surface area contributed by atoms with Gasteiger partial charge in [0.2, 0.25) is 10.0 Å². The van der Waals surface area contributed by atoms with Crippen molar-refractivity contribution in [3.63, 3.8) is 0 Å². The second kappa shape index (κ2) is 9.86. The Morgan fingerprint density at radius 1 is 1.06 bits per heavy atom. The number of H-pyrrole nitrogens is 1. The van der Waals surface area contributed by atoms with E-state index in [1.807, 2.05) is 0 Å². The van der Waals surface area contributed by atoms with Crippen LogP contribution in [0.2, 0.25) is 10.0 Å². The van der Waals surface area contributed by atoms with E-state index in [1.165, 1.54) is 18.2 Å². The number of nitrogens with zero attached hydrogens (tertiary/aromatic N) is 2. The van der Waals surface area contributed by atoms with Crippen molar-refractivity contribution in [2.75, 3.05) is 6.54 Å². The maximum absolute atomic E-state index is 12.2. The number of azo groups is 1. The van der Waals surface area contributed by atoms with Gasteiger partial charge in [-0.1, -0.05) is 36.2 Å². The fraction of sp³-hybridized carbons (Fsp3) is 0.176. The number of nitrogens with one attached hydrogen (secondary N) is 2. The number of hydrogen-bond donors (Lipinski definition) is 2. The fourth-order valence-corrected chi connectivity index (χ4v) is 5.39. The number of hydrogen-bond acceptors (Lipinski definition) is 7. The SMILES string of the molecule is CCNS(=O)(=O)c1cc(Cl)c(N=Nc2c(C)[nH]c3cccc(S(=O)(=O)[O-])c23)cc1Cl.[Na+]. The molecule has 1 heterocycles. The zero-order chi connectivity index (χ0) is 22.3. The molecule has 0 spiro atoms. The predicted octanol–water partition coefficient (Wildman–Crippen LogP) is 1.40. The van der Waals surface area contributed by atoms with Gasteiger partial charge < -0.3 is 9.54 Å². The monoisotopic (exact) mass is 512 g/mol. The van der Waals surface area contributed by atoms with E-state index in [-0.39, 0.29) is 67.8 Å². The van der Waals surface area contributed by atoms with Crippen LogP contribution in [-0.2, 0) is 20.1 Å². The molecule has 9 nitrogen and oxygen atoms in total. The number of aryl methyl sites for hydroxylation is 1. The van der Waals surface area contributed by atoms with Crippen molar-refractivity contribution in [2.45, 2.75) is 23.6 Å². The van der Waals surface area contributed by atoms with Crippen LogP contribution < -0.4 is 34.3 Å². The summed E-state index contributed by atoms with van der Waals surface area (Å²) >= 11 is 12.2. The number of aromatic nitrogens is 1. The van der Waals surface area contributed by atoms with Crippen molar-refractivity contribution in [1.82, 2.24) is 9.71 Å². The van der Waals surface area contributed by atoms with Gasteiger partial charge in [0.1, 0.15) is 26.4 Å². The Kier molecular flexibility index (Phi) is 8.34. The second-order valence-electron chi connectivity index (χ2n) is 6.17. The van der Waals surface area contributed by atoms with Crippen LogP contribution in [0.3, 0.4) is 0 Å². The fourth-order valence-electron chi connectivity index (χ4n) is 2.83. The minimum atomic E-state index is -4.76. The van der Waals surface area contributed by atoms with Gasteiger partial charge in [0.15, 0.2) is 0 Å². The predicted molar refractivity (Wildman–Crippen MR) is 112 cm³/mol. The van der Waals surface area contributed by atoms with E-state index in [4.69, 9.17) is 23.2 Å². The van der Waals surface area contributed by atoms with Gasteiger partial charge in [-0.15, -0.1) is 10.2 Å². The van der Waals surface area contributed by atoms with Crippen LogP contribution in [0.1, 0.15) is 12.6 Å². The number of fused-ring (bicyclic) bond motifs is 1. The summed E-state index contributed by atoms with van der Waals surface area (Å²) in [5.74, 6) is 0. The molecule has 160 valence electrons. The molecule has 0 aliphatic heterocycles. The van der Waals surface area contributed by atoms with E-state index in [9.17, 15) is 21.4 Å². The van der Waals surface area contributed by atoms with E-state index in [1.54, 1.807) is 19.9 Å². The number of benzene rings is 2. The van der Waals surface area contributed by atoms with E-state index in [0.717, 1.165) is 6.07 Å². The van der Waals surface area contributed by atoms with Gasteiger partial charge in [-0.3, -0.25) is 0 Å². The first kappa shape index (κ1) is 26.2. The first-order valence-corrected chi connectivity index (χ1v) is 12.1. The zero-order valence-electron chi connectivity index (χ0n) is 16.6. The van der Waals surface area contributed by atoms with Crippen molar-refractivity contribution < 1.29 is 50.9 Å². The summed E-state index contributed by atoms with van der Waals surface area (Å²) in [6.45, 7) is 3.42. The molecule has 0 bridgehead atoms. The third-order valence-electron chi connectivity index (χ3n) is 4.09. The topological polar surface area (TPSA) is 144 Å². The normalized spacial score (nSPS) is 12.4. The van der Waals surface area contributed by atoms with Gasteiger partial charge in [-0.2, -0.15) is 0 Å². The molecule has 0 atom stereocenters. The molecule has 31 heavy (non-hydrogen) atoms. The molecular weight excluding hydrogens is 498 g/mol. The molecule has 0 unspecified atom stereocenters. The molecule has 0 fully saturated rings. The Morgan fingerprint density at radius 3 is 2.35 bits per heavy atom. The van der Waals surface area contributed by atoms with Crippen LogP contribution in [0.15, 0.2) is 50.4 Å². The third-order valence-corrected chi connectivity index (χ3v) is 7.28. The Hall–Kier alpha value is -1.02. The quantitative estimate of drug-likeness (QED) is 0.291. The summed E-state index contributed by atoms with van der Waals surface area (Å²) < 4.78 is 61.6. The van der Waals surface area contributed by atoms with E-state index >= 15 is 0 Å². The first-order valence-electron chi connectivity index (χ1n) is 8.43. The molecule has 3 aromatic rings. The molecule has 0 aliphatic carbocycles. The molecule has 2 aromatic carbocycles. The van der Waals surface area contributed by atoms with Crippen molar-refractivity contribution in [1.29, 1.82) is 0 Å². The van der Waals surface area contributed by atoms with Crippen molar-refractivity contribution in [3.8, 4) is 0 Å². The zero-order valence-corrected chi connectivity index (χ0v) is 21.7. The molecule has 3 rings (SSSR count). The number of rotatable bonds is 6. The summed E-state index contributed by atoms with van der Waals surface area (Å²) in [5.41, 5.74) is 1.07. The van der Waals surface area contributed by atoms with Crippen LogP contribution in [0.5, 0.6) is 0 Å². The van der Waals surface area contributed by atoms with Gasteiger partial charge in [0.05, 0.1) is 14.9 Å². The summed E-state index contributed by atoms with van der Waals surface area (Å²) in [7, 11) is -8.60. The van der Waals surface area contributed by atoms with Crippen molar-refractivity contribution in [2.24, 2.45) is 10.2 Å². The van der Waals surface area contributed by atoms with E-state index < -0.39 is 25.0 Å². The number of sulfonamides is 1. The second-order valence-corrected chi connectivity index (χ2v) is 10.1. The van der Waals surface area contributed by atoms with E-state index in [2.05, 4.69) is 19.9 Å². The van der Waals surface area contributed by atoms with Gasteiger partial charge in [-0.05, 0) is 31.2 Å². The standard InChI is InChI=1S/C17H16Cl2N4O5S2.Na/c1-3-20-29(24,25)15-8-10(18)13(7-11(15)19)22-23-17-9(2)21-12-5-4-6-14(16(12)17)30(26,27)28;/h4-8,20-21H,3H2,1-2H3,(H,26,27,28);/q;+1/p-1. The third kappa shape index (κ3) is 5.49. The van der Waals surface area contributed by atoms with Crippen molar-refractivity contribution in [3.05, 3.63) is 46.1 Å². The summed E-state index contributed by atoms with van der Waals surface area (Å²) in [4.78, 5) is 2.30. The molecular formula is C17H15Cl2N4NaO5S2. The molecule has 0 aliphatic rings. The number of aromatic amines is 1. The molecule has 0 saturated heterocycles. The minimum absolute atomic E-state index is 0. The Morgan fingerprint density at radius 2 is 1.74 bits per heavy atom. The van der Waals surface area contributed by atoms with Crippen LogP contribution in [0.4, 0.5) is 11.4 Å². The molecule has 1 aromatic heterocycles. The molecule has 0 saturated carbocycles. The average Bonchev–Trinajstić information content (AvgIpc) is 2.96. The maximum atomic E-state index is 12.2. The molecule has 2 N–H and O–H groups in total. The Balaban J connectivity index is 0.00000341. The van der Waals surface area contributed by atoms with Crippen molar-refractivity contribution >= 4 is 65.6 Å². The van der Waals surface area contributed by atoms with Crippen LogP contribution in [0.25, 0.3) is 10.9 Å². The smallest absolute Gasteiger partial charge is 0.744 e. The van der Waals surface area contributed by atoms with Gasteiger partial charge in [0.25, 0.3) is 0 Å². The Bertz CT molecular complexity index is 1390. The maximum Gasteiger partial charge on any atom is 1.00 e. The summed E-state index contributed by atoms with van der Waals surface area (Å²) in [6, 6.07) is 6.59. The average molecular weight is 513 g/mol. The van der Waals surface area contributed by atoms with Gasteiger partial charge in [0, 0.05) is 23.1 Å². The number of halogens is 2. The summed E-state index contributed by atoms with van der Waals surface area (Å²) in [6.07, 6.45) is 0. The van der Waals surface area contributed by atoms with Crippen LogP contribution in [0, 0.1) is 6.92 Å². The first-order chi connectivity index (χ1) is 14.0. The summed E-state index contributed by atoms with van der Waals surface area (Å²) in [5, 5.41) is 7.99. The minimum Gasteiger partial charge on any atom is -0.744 e. The van der Waals surface area contributed by atoms with Gasteiger partial charge >= 0.3 is 29.6 Å². The van der Waals surface area contributed by atoms with Crippen LogP contribution in [-0.4, -0.2) is 32.9 Å². The molecule has 14 heteroatoms. The van der Waals surface area contributed by atoms with Crippen LogP contribution >= 0.6 is 23.2 Å². The van der Waals surface area contributed by atoms with Gasteiger partial charge in [-0.25, -0.2) is 21.6 Å².